The molecule has 0 spiro atoms. The normalized spacial score (nSPS) is 10.2. The Kier molecular flexibility index (Phi) is 5.96. The fraction of sp³-hybridized carbons (Fsp3) is 0.0909. The molecule has 0 aliphatic rings. The molecule has 0 saturated heterocycles. The van der Waals surface area contributed by atoms with Gasteiger partial charge in [0.1, 0.15) is 5.75 Å². The van der Waals surface area contributed by atoms with Gasteiger partial charge >= 0.3 is 0 Å². The highest BCUT2D eigenvalue weighted by Crippen LogP contribution is 2.25. The molecule has 28 heavy (non-hydrogen) atoms. The van der Waals surface area contributed by atoms with Gasteiger partial charge in [-0.2, -0.15) is 0 Å². The van der Waals surface area contributed by atoms with Crippen molar-refractivity contribution in [3.05, 3.63) is 88.4 Å². The molecule has 0 saturated carbocycles. The molecule has 2 N–H and O–H groups in total. The number of ether oxygens (including phenoxy) is 1. The molecule has 0 fully saturated rings. The summed E-state index contributed by atoms with van der Waals surface area (Å²) in [6.07, 6.45) is 0. The third-order valence-electron chi connectivity index (χ3n) is 4.18. The molecule has 0 aliphatic carbocycles. The smallest absolute Gasteiger partial charge is 0.255 e. The van der Waals surface area contributed by atoms with Crippen LogP contribution >= 0.6 is 11.6 Å². The average molecular weight is 395 g/mol. The molecule has 0 atom stereocenters. The minimum Gasteiger partial charge on any atom is -0.495 e. The highest BCUT2D eigenvalue weighted by molar-refractivity contribution is 6.32. The molecule has 3 aromatic rings. The van der Waals surface area contributed by atoms with Crippen molar-refractivity contribution in [1.29, 1.82) is 0 Å². The van der Waals surface area contributed by atoms with Crippen molar-refractivity contribution in [3.63, 3.8) is 0 Å². The Labute approximate surface area is 168 Å². The van der Waals surface area contributed by atoms with Crippen molar-refractivity contribution in [2.75, 3.05) is 17.7 Å². The summed E-state index contributed by atoms with van der Waals surface area (Å²) in [5.74, 6) is -0.0189. The minimum absolute atomic E-state index is 0.205. The fourth-order valence-corrected chi connectivity index (χ4v) is 2.97. The molecule has 3 aromatic carbocycles. The van der Waals surface area contributed by atoms with Crippen LogP contribution in [-0.2, 0) is 0 Å². The number of benzene rings is 3. The number of carbonyl (C=O) groups excluding carboxylic acids is 2. The predicted octanol–water partition coefficient (Wildman–Crippen LogP) is 5.16. The summed E-state index contributed by atoms with van der Waals surface area (Å²) in [6, 6.07) is 19.1. The summed E-state index contributed by atoms with van der Waals surface area (Å²) in [4.78, 5) is 24.9. The maximum atomic E-state index is 12.5. The molecule has 6 heteroatoms. The maximum Gasteiger partial charge on any atom is 0.255 e. The number of hydrogen-bond acceptors (Lipinski definition) is 3. The molecule has 0 bridgehead atoms. The SMILES string of the molecule is COc1ccc(C(=O)Nc2cccc(NC(=O)c3ccccc3C)c2)cc1Cl. The van der Waals surface area contributed by atoms with E-state index in [0.29, 0.717) is 33.3 Å². The van der Waals surface area contributed by atoms with E-state index in [0.717, 1.165) is 5.56 Å². The van der Waals surface area contributed by atoms with Gasteiger partial charge < -0.3 is 15.4 Å². The van der Waals surface area contributed by atoms with Gasteiger partial charge in [-0.05, 0) is 55.0 Å². The van der Waals surface area contributed by atoms with Crippen molar-refractivity contribution in [2.24, 2.45) is 0 Å². The maximum absolute atomic E-state index is 12.5. The predicted molar refractivity (Wildman–Crippen MR) is 112 cm³/mol. The number of anilines is 2. The topological polar surface area (TPSA) is 67.4 Å². The van der Waals surface area contributed by atoms with Gasteiger partial charge in [0.05, 0.1) is 12.1 Å². The lowest BCUT2D eigenvalue weighted by Crippen LogP contribution is -2.14. The minimum atomic E-state index is -0.313. The number of amides is 2. The number of carbonyl (C=O) groups is 2. The first-order chi connectivity index (χ1) is 13.5. The number of aryl methyl sites for hydroxylation is 1. The molecule has 0 aliphatic heterocycles. The molecule has 0 heterocycles. The van der Waals surface area contributed by atoms with E-state index in [-0.39, 0.29) is 11.8 Å². The lowest BCUT2D eigenvalue weighted by molar-refractivity contribution is 0.101. The second-order valence-corrected chi connectivity index (χ2v) is 6.56. The summed E-state index contributed by atoms with van der Waals surface area (Å²) >= 11 is 6.08. The number of halogens is 1. The first-order valence-electron chi connectivity index (χ1n) is 8.60. The van der Waals surface area contributed by atoms with Crippen LogP contribution < -0.4 is 15.4 Å². The van der Waals surface area contributed by atoms with Crippen LogP contribution in [0.3, 0.4) is 0 Å². The van der Waals surface area contributed by atoms with Gasteiger partial charge in [-0.25, -0.2) is 0 Å². The standard InChI is InChI=1S/C22H19ClN2O3/c1-14-6-3-4-9-18(14)22(27)25-17-8-5-7-16(13-17)24-21(26)15-10-11-20(28-2)19(23)12-15/h3-13H,1-2H3,(H,24,26)(H,25,27). The van der Waals surface area contributed by atoms with Gasteiger partial charge in [0, 0.05) is 22.5 Å². The van der Waals surface area contributed by atoms with E-state index in [1.807, 2.05) is 25.1 Å². The van der Waals surface area contributed by atoms with Crippen LogP contribution in [0.5, 0.6) is 5.75 Å². The van der Waals surface area contributed by atoms with Crippen molar-refractivity contribution in [1.82, 2.24) is 0 Å². The van der Waals surface area contributed by atoms with Gasteiger partial charge in [-0.1, -0.05) is 35.9 Å². The summed E-state index contributed by atoms with van der Waals surface area (Å²) in [5, 5.41) is 6.00. The Morgan fingerprint density at radius 1 is 0.857 bits per heavy atom. The van der Waals surface area contributed by atoms with E-state index in [2.05, 4.69) is 10.6 Å². The second-order valence-electron chi connectivity index (χ2n) is 6.15. The average Bonchev–Trinajstić information content (AvgIpc) is 2.68. The lowest BCUT2D eigenvalue weighted by Gasteiger charge is -2.11. The molecular weight excluding hydrogens is 376 g/mol. The van der Waals surface area contributed by atoms with Crippen molar-refractivity contribution >= 4 is 34.8 Å². The Balaban J connectivity index is 1.73. The van der Waals surface area contributed by atoms with Gasteiger partial charge in [0.25, 0.3) is 11.8 Å². The van der Waals surface area contributed by atoms with E-state index < -0.39 is 0 Å². The summed E-state index contributed by atoms with van der Waals surface area (Å²) in [6.45, 7) is 1.88. The summed E-state index contributed by atoms with van der Waals surface area (Å²) in [7, 11) is 1.51. The molecule has 0 unspecified atom stereocenters. The van der Waals surface area contributed by atoms with E-state index in [9.17, 15) is 9.59 Å². The highest BCUT2D eigenvalue weighted by atomic mass is 35.5. The molecule has 142 valence electrons. The Hall–Kier alpha value is -3.31. The van der Waals surface area contributed by atoms with Gasteiger partial charge in [0.2, 0.25) is 0 Å². The molecule has 5 nitrogen and oxygen atoms in total. The zero-order valence-electron chi connectivity index (χ0n) is 15.5. The van der Waals surface area contributed by atoms with Crippen LogP contribution in [0, 0.1) is 6.92 Å². The van der Waals surface area contributed by atoms with E-state index >= 15 is 0 Å². The van der Waals surface area contributed by atoms with Gasteiger partial charge in [0.15, 0.2) is 0 Å². The third kappa shape index (κ3) is 4.50. The zero-order valence-corrected chi connectivity index (χ0v) is 16.2. The number of hydrogen-bond donors (Lipinski definition) is 2. The Morgan fingerprint density at radius 3 is 2.18 bits per heavy atom. The first-order valence-corrected chi connectivity index (χ1v) is 8.97. The van der Waals surface area contributed by atoms with Crippen molar-refractivity contribution in [3.8, 4) is 5.75 Å². The van der Waals surface area contributed by atoms with Crippen LogP contribution in [0.25, 0.3) is 0 Å². The highest BCUT2D eigenvalue weighted by Gasteiger charge is 2.11. The van der Waals surface area contributed by atoms with Crippen LogP contribution in [-0.4, -0.2) is 18.9 Å². The molecule has 0 aromatic heterocycles. The Bertz CT molecular complexity index is 1030. The van der Waals surface area contributed by atoms with Gasteiger partial charge in [-0.3, -0.25) is 9.59 Å². The largest absolute Gasteiger partial charge is 0.495 e. The van der Waals surface area contributed by atoms with E-state index in [1.54, 1.807) is 48.5 Å². The Morgan fingerprint density at radius 2 is 1.54 bits per heavy atom. The van der Waals surface area contributed by atoms with Crippen LogP contribution in [0.4, 0.5) is 11.4 Å². The quantitative estimate of drug-likeness (QED) is 0.628. The molecular formula is C22H19ClN2O3. The van der Waals surface area contributed by atoms with Crippen molar-refractivity contribution in [2.45, 2.75) is 6.92 Å². The number of methoxy groups -OCH3 is 1. The van der Waals surface area contributed by atoms with Crippen LogP contribution in [0.15, 0.2) is 66.7 Å². The van der Waals surface area contributed by atoms with Crippen molar-refractivity contribution < 1.29 is 14.3 Å². The summed E-state index contributed by atoms with van der Waals surface area (Å²) in [5.41, 5.74) is 3.03. The number of nitrogens with one attached hydrogen (secondary N) is 2. The second kappa shape index (κ2) is 8.59. The molecule has 2 amide bonds. The lowest BCUT2D eigenvalue weighted by atomic mass is 10.1. The van der Waals surface area contributed by atoms with E-state index in [4.69, 9.17) is 16.3 Å². The third-order valence-corrected chi connectivity index (χ3v) is 4.48. The first kappa shape index (κ1) is 19.5. The molecule has 0 radical (unpaired) electrons. The van der Waals surface area contributed by atoms with Crippen LogP contribution in [0.2, 0.25) is 5.02 Å². The van der Waals surface area contributed by atoms with Gasteiger partial charge in [-0.15, -0.1) is 0 Å². The monoisotopic (exact) mass is 394 g/mol. The van der Waals surface area contributed by atoms with Crippen LogP contribution in [0.1, 0.15) is 26.3 Å². The van der Waals surface area contributed by atoms with E-state index in [1.165, 1.54) is 7.11 Å². The molecule has 3 rings (SSSR count). The summed E-state index contributed by atoms with van der Waals surface area (Å²) < 4.78 is 5.09. The zero-order chi connectivity index (χ0) is 20.1. The number of rotatable bonds is 5. The fourth-order valence-electron chi connectivity index (χ4n) is 2.71.